The number of thioether (sulfide) groups is 1. The average Bonchev–Trinajstić information content (AvgIpc) is 3.18. The maximum Gasteiger partial charge on any atom is 0.239 e. The Labute approximate surface area is 152 Å². The molecule has 6 heteroatoms. The summed E-state index contributed by atoms with van der Waals surface area (Å²) >= 11 is 1.62. The van der Waals surface area contributed by atoms with Crippen molar-refractivity contribution in [2.75, 3.05) is 0 Å². The zero-order valence-electron chi connectivity index (χ0n) is 15.6. The fourth-order valence-electron chi connectivity index (χ4n) is 2.45. The number of rotatable bonds is 4. The van der Waals surface area contributed by atoms with E-state index in [1.165, 1.54) is 11.1 Å². The van der Waals surface area contributed by atoms with Crippen LogP contribution in [-0.4, -0.2) is 19.7 Å². The summed E-state index contributed by atoms with van der Waals surface area (Å²) in [6.07, 6.45) is 3.82. The van der Waals surface area contributed by atoms with Gasteiger partial charge in [0.05, 0.1) is 10.9 Å². The Kier molecular flexibility index (Phi) is 4.73. The number of aromatic nitrogens is 4. The Bertz CT molecular complexity index is 876. The first-order valence-corrected chi connectivity index (χ1v) is 9.25. The molecule has 0 aliphatic heterocycles. The lowest BCUT2D eigenvalue weighted by molar-refractivity contribution is 0.364. The molecule has 3 rings (SSSR count). The van der Waals surface area contributed by atoms with Crippen LogP contribution in [-0.2, 0) is 5.41 Å². The van der Waals surface area contributed by atoms with E-state index in [1.54, 1.807) is 11.8 Å². The molecule has 5 nitrogen and oxygen atoms in total. The molecule has 0 aliphatic rings. The van der Waals surface area contributed by atoms with E-state index in [9.17, 15) is 0 Å². The van der Waals surface area contributed by atoms with Crippen LogP contribution in [0.2, 0.25) is 0 Å². The second-order valence-electron chi connectivity index (χ2n) is 7.34. The van der Waals surface area contributed by atoms with Gasteiger partial charge >= 0.3 is 0 Å². The minimum Gasteiger partial charge on any atom is -0.338 e. The molecule has 2 heterocycles. The van der Waals surface area contributed by atoms with Crippen LogP contribution in [0.1, 0.15) is 55.8 Å². The van der Waals surface area contributed by atoms with E-state index < -0.39 is 0 Å². The van der Waals surface area contributed by atoms with Gasteiger partial charge in [-0.3, -0.25) is 4.57 Å². The van der Waals surface area contributed by atoms with Crippen molar-refractivity contribution in [3.8, 4) is 5.69 Å². The van der Waals surface area contributed by atoms with Gasteiger partial charge in [-0.25, -0.2) is 4.98 Å². The molecule has 3 aromatic rings. The van der Waals surface area contributed by atoms with Gasteiger partial charge in [0.25, 0.3) is 0 Å². The van der Waals surface area contributed by atoms with Crippen LogP contribution in [0, 0.1) is 13.8 Å². The molecule has 0 spiro atoms. The first-order chi connectivity index (χ1) is 11.8. The van der Waals surface area contributed by atoms with Crippen molar-refractivity contribution >= 4 is 11.8 Å². The van der Waals surface area contributed by atoms with Crippen LogP contribution >= 0.6 is 11.8 Å². The number of imidazole rings is 1. The highest BCUT2D eigenvalue weighted by molar-refractivity contribution is 7.99. The molecule has 0 saturated heterocycles. The Hall–Kier alpha value is -2.08. The quantitative estimate of drug-likeness (QED) is 0.614. The summed E-state index contributed by atoms with van der Waals surface area (Å²) in [7, 11) is 0. The minimum absolute atomic E-state index is 0.0230. The monoisotopic (exact) mass is 356 g/mol. The van der Waals surface area contributed by atoms with Crippen LogP contribution < -0.4 is 0 Å². The smallest absolute Gasteiger partial charge is 0.239 e. The normalized spacial score (nSPS) is 13.2. The summed E-state index contributed by atoms with van der Waals surface area (Å²) in [5, 5.41) is 5.05. The lowest BCUT2D eigenvalue weighted by Gasteiger charge is -2.13. The SMILES string of the molecule is Cc1ccc(C)c(-n2ccnc2S[C@@H](C)c2nc(C(C)(C)C)no2)c1. The van der Waals surface area contributed by atoms with Gasteiger partial charge in [0, 0.05) is 17.8 Å². The molecule has 0 unspecified atom stereocenters. The summed E-state index contributed by atoms with van der Waals surface area (Å²) in [5.41, 5.74) is 3.47. The highest BCUT2D eigenvalue weighted by Crippen LogP contribution is 2.35. The topological polar surface area (TPSA) is 56.7 Å². The maximum atomic E-state index is 5.47. The van der Waals surface area contributed by atoms with E-state index in [0.717, 1.165) is 16.7 Å². The van der Waals surface area contributed by atoms with Crippen LogP contribution in [0.15, 0.2) is 40.3 Å². The summed E-state index contributed by atoms with van der Waals surface area (Å²) in [6.45, 7) is 12.5. The van der Waals surface area contributed by atoms with E-state index in [0.29, 0.717) is 5.89 Å². The van der Waals surface area contributed by atoms with Gasteiger partial charge in [0.2, 0.25) is 5.89 Å². The Balaban J connectivity index is 1.86. The lowest BCUT2D eigenvalue weighted by atomic mass is 9.96. The molecule has 132 valence electrons. The number of aryl methyl sites for hydroxylation is 2. The van der Waals surface area contributed by atoms with Crippen LogP contribution in [0.25, 0.3) is 5.69 Å². The highest BCUT2D eigenvalue weighted by Gasteiger charge is 2.24. The fourth-order valence-corrected chi connectivity index (χ4v) is 3.36. The summed E-state index contributed by atoms with van der Waals surface area (Å²) in [6, 6.07) is 6.43. The van der Waals surface area contributed by atoms with Crippen molar-refractivity contribution in [1.82, 2.24) is 19.7 Å². The third-order valence-electron chi connectivity index (χ3n) is 3.97. The van der Waals surface area contributed by atoms with Gasteiger partial charge in [-0.2, -0.15) is 4.98 Å². The van der Waals surface area contributed by atoms with Crippen molar-refractivity contribution in [2.24, 2.45) is 0 Å². The summed E-state index contributed by atoms with van der Waals surface area (Å²) < 4.78 is 7.59. The Morgan fingerprint density at radius 3 is 2.64 bits per heavy atom. The van der Waals surface area contributed by atoms with Crippen LogP contribution in [0.3, 0.4) is 0 Å². The summed E-state index contributed by atoms with van der Waals surface area (Å²) in [5.74, 6) is 1.36. The predicted octanol–water partition coefficient (Wildman–Crippen LogP) is 5.02. The van der Waals surface area contributed by atoms with Crippen molar-refractivity contribution in [3.05, 3.63) is 53.4 Å². The van der Waals surface area contributed by atoms with E-state index in [-0.39, 0.29) is 10.7 Å². The minimum atomic E-state index is -0.122. The predicted molar refractivity (Wildman–Crippen MR) is 100 cm³/mol. The van der Waals surface area contributed by atoms with E-state index in [4.69, 9.17) is 4.52 Å². The standard InChI is InChI=1S/C19H24N4OS/c1-12-7-8-13(2)15(11-12)23-10-9-20-18(23)25-14(3)16-21-17(22-24-16)19(4,5)6/h7-11,14H,1-6H3/t14-/m0/s1. The molecule has 2 aromatic heterocycles. The molecular formula is C19H24N4OS. The van der Waals surface area contributed by atoms with Gasteiger partial charge < -0.3 is 4.52 Å². The average molecular weight is 356 g/mol. The maximum absolute atomic E-state index is 5.47. The highest BCUT2D eigenvalue weighted by atomic mass is 32.2. The van der Waals surface area contributed by atoms with Crippen molar-refractivity contribution < 1.29 is 4.52 Å². The first kappa shape index (κ1) is 17.7. The number of hydrogen-bond donors (Lipinski definition) is 0. The molecule has 0 radical (unpaired) electrons. The van der Waals surface area contributed by atoms with E-state index in [1.807, 2.05) is 12.4 Å². The second kappa shape index (κ2) is 6.67. The first-order valence-electron chi connectivity index (χ1n) is 8.37. The molecule has 0 bridgehead atoms. The number of benzene rings is 1. The van der Waals surface area contributed by atoms with Gasteiger partial charge in [-0.1, -0.05) is 49.8 Å². The molecule has 0 aliphatic carbocycles. The third kappa shape index (κ3) is 3.79. The second-order valence-corrected chi connectivity index (χ2v) is 8.64. The largest absolute Gasteiger partial charge is 0.338 e. The fraction of sp³-hybridized carbons (Fsp3) is 0.421. The van der Waals surface area contributed by atoms with Crippen LogP contribution in [0.5, 0.6) is 0 Å². The number of nitrogens with zero attached hydrogens (tertiary/aromatic N) is 4. The lowest BCUT2D eigenvalue weighted by Crippen LogP contribution is -2.13. The van der Waals surface area contributed by atoms with E-state index in [2.05, 4.69) is 79.4 Å². The molecule has 0 saturated carbocycles. The van der Waals surface area contributed by atoms with Gasteiger partial charge in [-0.05, 0) is 38.0 Å². The third-order valence-corrected chi connectivity index (χ3v) is 5.04. The van der Waals surface area contributed by atoms with Crippen molar-refractivity contribution in [1.29, 1.82) is 0 Å². The number of hydrogen-bond acceptors (Lipinski definition) is 5. The Morgan fingerprint density at radius 1 is 1.20 bits per heavy atom. The summed E-state index contributed by atoms with van der Waals surface area (Å²) in [4.78, 5) is 9.08. The molecule has 0 N–H and O–H groups in total. The van der Waals surface area contributed by atoms with Gasteiger partial charge in [0.1, 0.15) is 0 Å². The van der Waals surface area contributed by atoms with Gasteiger partial charge in [-0.15, -0.1) is 0 Å². The molecule has 0 amide bonds. The molecule has 0 fully saturated rings. The molecule has 1 atom stereocenters. The molecular weight excluding hydrogens is 332 g/mol. The van der Waals surface area contributed by atoms with Gasteiger partial charge in [0.15, 0.2) is 11.0 Å². The molecule has 25 heavy (non-hydrogen) atoms. The molecule has 1 aromatic carbocycles. The zero-order chi connectivity index (χ0) is 18.2. The zero-order valence-corrected chi connectivity index (χ0v) is 16.4. The Morgan fingerprint density at radius 2 is 1.96 bits per heavy atom. The van der Waals surface area contributed by atoms with Crippen LogP contribution in [0.4, 0.5) is 0 Å². The van der Waals surface area contributed by atoms with Crippen molar-refractivity contribution in [2.45, 2.75) is 57.4 Å². The van der Waals surface area contributed by atoms with E-state index >= 15 is 0 Å². The van der Waals surface area contributed by atoms with Crippen molar-refractivity contribution in [3.63, 3.8) is 0 Å².